The summed E-state index contributed by atoms with van der Waals surface area (Å²) < 4.78 is 5.06. The number of carbonyl (C=O) groups is 2. The number of amides is 2. The minimum atomic E-state index is -0.346. The molecule has 0 bridgehead atoms. The summed E-state index contributed by atoms with van der Waals surface area (Å²) in [5.74, 6) is 0.00380. The SMILES string of the molecule is CCNC(=O)/C(=C/c1cccs1)NC(=O)c1ccc(OC)cc1. The van der Waals surface area contributed by atoms with Crippen molar-refractivity contribution in [2.24, 2.45) is 0 Å². The van der Waals surface area contributed by atoms with Crippen LogP contribution in [0, 0.1) is 0 Å². The van der Waals surface area contributed by atoms with Gasteiger partial charge in [-0.15, -0.1) is 11.3 Å². The van der Waals surface area contributed by atoms with Crippen LogP contribution in [0.4, 0.5) is 0 Å². The lowest BCUT2D eigenvalue weighted by atomic mass is 10.2. The third kappa shape index (κ3) is 4.69. The van der Waals surface area contributed by atoms with Crippen molar-refractivity contribution < 1.29 is 14.3 Å². The molecule has 0 saturated heterocycles. The van der Waals surface area contributed by atoms with E-state index in [0.717, 1.165) is 4.88 Å². The van der Waals surface area contributed by atoms with Crippen LogP contribution in [0.1, 0.15) is 22.2 Å². The smallest absolute Gasteiger partial charge is 0.267 e. The van der Waals surface area contributed by atoms with Crippen LogP contribution in [0.15, 0.2) is 47.5 Å². The molecule has 0 radical (unpaired) electrons. The van der Waals surface area contributed by atoms with Gasteiger partial charge in [-0.3, -0.25) is 9.59 Å². The average Bonchev–Trinajstić information content (AvgIpc) is 3.07. The molecule has 120 valence electrons. The van der Waals surface area contributed by atoms with Crippen LogP contribution in [0.3, 0.4) is 0 Å². The predicted octanol–water partition coefficient (Wildman–Crippen LogP) is 2.66. The Bertz CT molecular complexity index is 691. The highest BCUT2D eigenvalue weighted by Crippen LogP contribution is 2.14. The third-order valence-corrected chi connectivity index (χ3v) is 3.83. The zero-order valence-corrected chi connectivity index (χ0v) is 13.8. The van der Waals surface area contributed by atoms with E-state index in [0.29, 0.717) is 17.9 Å². The van der Waals surface area contributed by atoms with Gasteiger partial charge in [0.25, 0.3) is 11.8 Å². The monoisotopic (exact) mass is 330 g/mol. The first kappa shape index (κ1) is 16.8. The second-order valence-corrected chi connectivity index (χ2v) is 5.59. The number of thiophene rings is 1. The van der Waals surface area contributed by atoms with Crippen LogP contribution >= 0.6 is 11.3 Å². The van der Waals surface area contributed by atoms with E-state index in [1.54, 1.807) is 37.5 Å². The zero-order valence-electron chi connectivity index (χ0n) is 13.0. The van der Waals surface area contributed by atoms with Gasteiger partial charge in [-0.1, -0.05) is 6.07 Å². The number of hydrogen-bond donors (Lipinski definition) is 2. The van der Waals surface area contributed by atoms with Crippen LogP contribution in [-0.4, -0.2) is 25.5 Å². The molecule has 2 amide bonds. The van der Waals surface area contributed by atoms with E-state index in [4.69, 9.17) is 4.74 Å². The first-order valence-corrected chi connectivity index (χ1v) is 8.00. The highest BCUT2D eigenvalue weighted by Gasteiger charge is 2.14. The molecule has 0 fully saturated rings. The Morgan fingerprint density at radius 3 is 2.52 bits per heavy atom. The molecule has 1 aromatic heterocycles. The van der Waals surface area contributed by atoms with Crippen molar-refractivity contribution in [2.45, 2.75) is 6.92 Å². The third-order valence-electron chi connectivity index (χ3n) is 3.01. The van der Waals surface area contributed by atoms with Gasteiger partial charge in [-0.05, 0) is 48.7 Å². The molecule has 0 saturated carbocycles. The highest BCUT2D eigenvalue weighted by molar-refractivity contribution is 7.10. The number of hydrogen-bond acceptors (Lipinski definition) is 4. The number of benzene rings is 1. The summed E-state index contributed by atoms with van der Waals surface area (Å²) >= 11 is 1.49. The Hall–Kier alpha value is -2.60. The molecule has 1 aromatic carbocycles. The summed E-state index contributed by atoms with van der Waals surface area (Å²) in [5, 5.41) is 7.27. The van der Waals surface area contributed by atoms with E-state index >= 15 is 0 Å². The van der Waals surface area contributed by atoms with Gasteiger partial charge in [-0.25, -0.2) is 0 Å². The Labute approximate surface area is 139 Å². The van der Waals surface area contributed by atoms with E-state index in [1.807, 2.05) is 24.4 Å². The Kier molecular flexibility index (Phi) is 5.94. The summed E-state index contributed by atoms with van der Waals surface area (Å²) in [5.41, 5.74) is 0.669. The summed E-state index contributed by atoms with van der Waals surface area (Å²) in [4.78, 5) is 25.3. The van der Waals surface area contributed by atoms with Crippen molar-refractivity contribution in [3.05, 3.63) is 57.9 Å². The van der Waals surface area contributed by atoms with Gasteiger partial charge in [-0.2, -0.15) is 0 Å². The van der Waals surface area contributed by atoms with Gasteiger partial charge in [0.05, 0.1) is 7.11 Å². The molecular formula is C17H18N2O3S. The number of likely N-dealkylation sites (N-methyl/N-ethyl adjacent to an activating group) is 1. The van der Waals surface area contributed by atoms with E-state index in [-0.39, 0.29) is 17.5 Å². The fraction of sp³-hybridized carbons (Fsp3) is 0.176. The number of carbonyl (C=O) groups excluding carboxylic acids is 2. The molecule has 0 aliphatic heterocycles. The summed E-state index contributed by atoms with van der Waals surface area (Å²) in [6.45, 7) is 2.31. The van der Waals surface area contributed by atoms with Crippen molar-refractivity contribution in [2.75, 3.05) is 13.7 Å². The summed E-state index contributed by atoms with van der Waals surface area (Å²) in [7, 11) is 1.56. The molecule has 23 heavy (non-hydrogen) atoms. The number of rotatable bonds is 6. The predicted molar refractivity (Wildman–Crippen MR) is 91.4 cm³/mol. The van der Waals surface area contributed by atoms with Crippen molar-refractivity contribution in [1.82, 2.24) is 10.6 Å². The molecule has 2 aromatic rings. The molecular weight excluding hydrogens is 312 g/mol. The van der Waals surface area contributed by atoms with Gasteiger partial charge in [0.2, 0.25) is 0 Å². The van der Waals surface area contributed by atoms with Gasteiger partial charge >= 0.3 is 0 Å². The summed E-state index contributed by atoms with van der Waals surface area (Å²) in [6.07, 6.45) is 1.66. The molecule has 0 unspecified atom stereocenters. The van der Waals surface area contributed by atoms with E-state index in [1.165, 1.54) is 11.3 Å². The fourth-order valence-corrected chi connectivity index (χ4v) is 2.52. The zero-order chi connectivity index (χ0) is 16.7. The lowest BCUT2D eigenvalue weighted by molar-refractivity contribution is -0.117. The standard InChI is InChI=1S/C17H18N2O3S/c1-3-18-17(21)15(11-14-5-4-10-23-14)19-16(20)12-6-8-13(22-2)9-7-12/h4-11H,3H2,1-2H3,(H,18,21)(H,19,20)/b15-11-. The van der Waals surface area contributed by atoms with Gasteiger partial charge in [0.1, 0.15) is 11.4 Å². The van der Waals surface area contributed by atoms with Crippen molar-refractivity contribution >= 4 is 29.2 Å². The quantitative estimate of drug-likeness (QED) is 0.800. The lowest BCUT2D eigenvalue weighted by Crippen LogP contribution is -2.34. The molecule has 0 spiro atoms. The van der Waals surface area contributed by atoms with Gasteiger partial charge in [0.15, 0.2) is 0 Å². The van der Waals surface area contributed by atoms with Gasteiger partial charge < -0.3 is 15.4 Å². The van der Waals surface area contributed by atoms with E-state index in [9.17, 15) is 9.59 Å². The molecule has 6 heteroatoms. The Morgan fingerprint density at radius 2 is 1.96 bits per heavy atom. The second kappa shape index (κ2) is 8.14. The molecule has 1 heterocycles. The normalized spacial score (nSPS) is 11.0. The largest absolute Gasteiger partial charge is 0.497 e. The molecule has 2 rings (SSSR count). The summed E-state index contributed by atoms with van der Waals surface area (Å²) in [6, 6.07) is 10.5. The van der Waals surface area contributed by atoms with Crippen LogP contribution in [-0.2, 0) is 4.79 Å². The minimum absolute atomic E-state index is 0.218. The van der Waals surface area contributed by atoms with E-state index < -0.39 is 0 Å². The molecule has 0 aliphatic carbocycles. The number of ether oxygens (including phenoxy) is 1. The van der Waals surface area contributed by atoms with Crippen LogP contribution in [0.2, 0.25) is 0 Å². The molecule has 0 atom stereocenters. The lowest BCUT2D eigenvalue weighted by Gasteiger charge is -2.10. The van der Waals surface area contributed by atoms with Crippen LogP contribution < -0.4 is 15.4 Å². The maximum absolute atomic E-state index is 12.3. The average molecular weight is 330 g/mol. The van der Waals surface area contributed by atoms with E-state index in [2.05, 4.69) is 10.6 Å². The topological polar surface area (TPSA) is 67.4 Å². The molecule has 5 nitrogen and oxygen atoms in total. The molecule has 0 aliphatic rings. The maximum Gasteiger partial charge on any atom is 0.267 e. The maximum atomic E-state index is 12.3. The number of nitrogens with one attached hydrogen (secondary N) is 2. The Morgan fingerprint density at radius 1 is 1.22 bits per heavy atom. The highest BCUT2D eigenvalue weighted by atomic mass is 32.1. The van der Waals surface area contributed by atoms with Gasteiger partial charge in [0, 0.05) is 17.0 Å². The van der Waals surface area contributed by atoms with Crippen molar-refractivity contribution in [1.29, 1.82) is 0 Å². The van der Waals surface area contributed by atoms with Crippen LogP contribution in [0.25, 0.3) is 6.08 Å². The minimum Gasteiger partial charge on any atom is -0.497 e. The first-order valence-electron chi connectivity index (χ1n) is 7.13. The molecule has 2 N–H and O–H groups in total. The fourth-order valence-electron chi connectivity index (χ4n) is 1.87. The van der Waals surface area contributed by atoms with Crippen molar-refractivity contribution in [3.8, 4) is 5.75 Å². The number of methoxy groups -OCH3 is 1. The second-order valence-electron chi connectivity index (χ2n) is 4.62. The Balaban J connectivity index is 2.19. The first-order chi connectivity index (χ1) is 11.1. The van der Waals surface area contributed by atoms with Crippen molar-refractivity contribution in [3.63, 3.8) is 0 Å². The van der Waals surface area contributed by atoms with Crippen LogP contribution in [0.5, 0.6) is 5.75 Å².